The first kappa shape index (κ1) is 17.2. The molecule has 1 amide bonds. The molecule has 0 radical (unpaired) electrons. The molecule has 0 heterocycles. The van der Waals surface area contributed by atoms with Crippen LogP contribution in [-0.2, 0) is 6.42 Å². The highest BCUT2D eigenvalue weighted by Crippen LogP contribution is 2.19. The number of nitrogens with one attached hydrogen (secondary N) is 1. The molecule has 0 fully saturated rings. The van der Waals surface area contributed by atoms with Gasteiger partial charge >= 0.3 is 0 Å². The van der Waals surface area contributed by atoms with E-state index in [9.17, 15) is 14.3 Å². The Morgan fingerprint density at radius 2 is 1.83 bits per heavy atom. The van der Waals surface area contributed by atoms with Crippen LogP contribution < -0.4 is 5.32 Å². The van der Waals surface area contributed by atoms with Crippen LogP contribution in [0.2, 0.25) is 0 Å². The molecule has 2 rings (SSSR count). The summed E-state index contributed by atoms with van der Waals surface area (Å²) < 4.78 is 12.9. The quantitative estimate of drug-likeness (QED) is 0.855. The second kappa shape index (κ2) is 7.88. The molecule has 3 nitrogen and oxygen atoms in total. The number of amides is 1. The first-order valence-corrected chi connectivity index (χ1v) is 7.83. The molecule has 0 spiro atoms. The average Bonchev–Trinajstić information content (AvgIpc) is 2.55. The molecule has 122 valence electrons. The largest absolute Gasteiger partial charge is 0.388 e. The lowest BCUT2D eigenvalue weighted by molar-refractivity contribution is 0.0916. The Morgan fingerprint density at radius 1 is 1.17 bits per heavy atom. The van der Waals surface area contributed by atoms with Gasteiger partial charge in [-0.15, -0.1) is 0 Å². The van der Waals surface area contributed by atoms with E-state index in [0.717, 1.165) is 12.0 Å². The van der Waals surface area contributed by atoms with Gasteiger partial charge in [-0.25, -0.2) is 4.39 Å². The van der Waals surface area contributed by atoms with Crippen molar-refractivity contribution in [2.75, 3.05) is 0 Å². The molecule has 0 saturated heterocycles. The molecule has 2 atom stereocenters. The Morgan fingerprint density at radius 3 is 2.48 bits per heavy atom. The van der Waals surface area contributed by atoms with E-state index in [2.05, 4.69) is 5.32 Å². The Kier molecular flexibility index (Phi) is 5.88. The number of benzene rings is 2. The molecule has 23 heavy (non-hydrogen) atoms. The molecule has 0 aliphatic carbocycles. The highest BCUT2D eigenvalue weighted by molar-refractivity contribution is 5.95. The maximum atomic E-state index is 12.9. The van der Waals surface area contributed by atoms with Crippen molar-refractivity contribution in [2.45, 2.75) is 38.8 Å². The Bertz CT molecular complexity index is 655. The first-order valence-electron chi connectivity index (χ1n) is 7.83. The van der Waals surface area contributed by atoms with Crippen molar-refractivity contribution in [3.8, 4) is 0 Å². The molecular formula is C19H22FNO2. The molecule has 2 aromatic rings. The Hall–Kier alpha value is -2.20. The molecule has 0 aromatic heterocycles. The van der Waals surface area contributed by atoms with Crippen LogP contribution in [0.1, 0.15) is 47.9 Å². The van der Waals surface area contributed by atoms with Crippen molar-refractivity contribution >= 4 is 5.91 Å². The molecule has 2 aromatic carbocycles. The van der Waals surface area contributed by atoms with Crippen LogP contribution >= 0.6 is 0 Å². The fourth-order valence-electron chi connectivity index (χ4n) is 2.57. The van der Waals surface area contributed by atoms with Crippen molar-refractivity contribution in [3.05, 3.63) is 71.0 Å². The summed E-state index contributed by atoms with van der Waals surface area (Å²) in [5.74, 6) is -0.472. The summed E-state index contributed by atoms with van der Waals surface area (Å²) in [6, 6.07) is 13.0. The third-order valence-corrected chi connectivity index (χ3v) is 3.85. The van der Waals surface area contributed by atoms with Crippen LogP contribution in [-0.4, -0.2) is 17.1 Å². The number of aryl methyl sites for hydroxylation is 1. The SMILES string of the molecule is CCc1ccccc1C(=O)NC(C)CC(O)c1ccc(F)cc1. The Labute approximate surface area is 136 Å². The Balaban J connectivity index is 1.97. The number of hydrogen-bond donors (Lipinski definition) is 2. The van der Waals surface area contributed by atoms with Gasteiger partial charge in [-0.2, -0.15) is 0 Å². The maximum Gasteiger partial charge on any atom is 0.251 e. The summed E-state index contributed by atoms with van der Waals surface area (Å²) in [5.41, 5.74) is 2.30. The van der Waals surface area contributed by atoms with Crippen molar-refractivity contribution in [1.29, 1.82) is 0 Å². The molecule has 0 aliphatic rings. The van der Waals surface area contributed by atoms with E-state index in [1.54, 1.807) is 18.2 Å². The average molecular weight is 315 g/mol. The van der Waals surface area contributed by atoms with Gasteiger partial charge in [0.25, 0.3) is 5.91 Å². The zero-order valence-electron chi connectivity index (χ0n) is 13.4. The zero-order chi connectivity index (χ0) is 16.8. The van der Waals surface area contributed by atoms with Gasteiger partial charge in [-0.1, -0.05) is 37.3 Å². The first-order chi connectivity index (χ1) is 11.0. The minimum Gasteiger partial charge on any atom is -0.388 e. The number of aliphatic hydroxyl groups is 1. The van der Waals surface area contributed by atoms with Gasteiger partial charge in [-0.3, -0.25) is 4.79 Å². The fraction of sp³-hybridized carbons (Fsp3) is 0.316. The predicted octanol–water partition coefficient (Wildman–Crippen LogP) is 3.63. The van der Waals surface area contributed by atoms with Crippen LogP contribution in [0, 0.1) is 5.82 Å². The van der Waals surface area contributed by atoms with Crippen molar-refractivity contribution in [3.63, 3.8) is 0 Å². The molecule has 0 saturated carbocycles. The summed E-state index contributed by atoms with van der Waals surface area (Å²) in [6.07, 6.45) is 0.411. The topological polar surface area (TPSA) is 49.3 Å². The number of aliphatic hydroxyl groups excluding tert-OH is 1. The number of carbonyl (C=O) groups excluding carboxylic acids is 1. The van der Waals surface area contributed by atoms with Crippen molar-refractivity contribution < 1.29 is 14.3 Å². The molecule has 2 N–H and O–H groups in total. The van der Waals surface area contributed by atoms with E-state index in [1.807, 2.05) is 32.0 Å². The second-order valence-electron chi connectivity index (χ2n) is 5.69. The molecule has 0 bridgehead atoms. The van der Waals surface area contributed by atoms with Gasteiger partial charge in [0, 0.05) is 11.6 Å². The van der Waals surface area contributed by atoms with Crippen molar-refractivity contribution in [1.82, 2.24) is 5.32 Å². The summed E-state index contributed by atoms with van der Waals surface area (Å²) >= 11 is 0. The van der Waals surface area contributed by atoms with E-state index in [4.69, 9.17) is 0 Å². The third-order valence-electron chi connectivity index (χ3n) is 3.85. The lowest BCUT2D eigenvalue weighted by atomic mass is 10.0. The number of carbonyl (C=O) groups is 1. The molecule has 0 aliphatic heterocycles. The lowest BCUT2D eigenvalue weighted by Crippen LogP contribution is -2.34. The molecular weight excluding hydrogens is 293 g/mol. The van der Waals surface area contributed by atoms with Gasteiger partial charge in [0.15, 0.2) is 0 Å². The number of rotatable bonds is 6. The van der Waals surface area contributed by atoms with E-state index >= 15 is 0 Å². The van der Waals surface area contributed by atoms with E-state index in [-0.39, 0.29) is 17.8 Å². The van der Waals surface area contributed by atoms with Crippen LogP contribution in [0.15, 0.2) is 48.5 Å². The minimum atomic E-state index is -0.743. The molecule has 2 unspecified atom stereocenters. The summed E-state index contributed by atoms with van der Waals surface area (Å²) in [5, 5.41) is 13.1. The smallest absolute Gasteiger partial charge is 0.251 e. The lowest BCUT2D eigenvalue weighted by Gasteiger charge is -2.19. The van der Waals surface area contributed by atoms with Crippen LogP contribution in [0.4, 0.5) is 4.39 Å². The van der Waals surface area contributed by atoms with Gasteiger partial charge in [0.2, 0.25) is 0 Å². The summed E-state index contributed by atoms with van der Waals surface area (Å²) in [4.78, 5) is 12.4. The summed E-state index contributed by atoms with van der Waals surface area (Å²) in [6.45, 7) is 3.85. The highest BCUT2D eigenvalue weighted by Gasteiger charge is 2.16. The monoisotopic (exact) mass is 315 g/mol. The maximum absolute atomic E-state index is 12.9. The van der Waals surface area contributed by atoms with Crippen LogP contribution in [0.3, 0.4) is 0 Å². The fourth-order valence-corrected chi connectivity index (χ4v) is 2.57. The predicted molar refractivity (Wildman–Crippen MR) is 88.7 cm³/mol. The number of halogens is 1. The van der Waals surface area contributed by atoms with E-state index in [0.29, 0.717) is 17.5 Å². The minimum absolute atomic E-state index is 0.138. The van der Waals surface area contributed by atoms with Gasteiger partial charge in [0.05, 0.1) is 6.10 Å². The zero-order valence-corrected chi connectivity index (χ0v) is 13.4. The molecule has 4 heteroatoms. The standard InChI is InChI=1S/C19H22FNO2/c1-3-14-6-4-5-7-17(14)19(23)21-13(2)12-18(22)15-8-10-16(20)11-9-15/h4-11,13,18,22H,3,12H2,1-2H3,(H,21,23). The normalized spacial score (nSPS) is 13.4. The van der Waals surface area contributed by atoms with Gasteiger partial charge < -0.3 is 10.4 Å². The van der Waals surface area contributed by atoms with Crippen LogP contribution in [0.5, 0.6) is 0 Å². The number of hydrogen-bond acceptors (Lipinski definition) is 2. The van der Waals surface area contributed by atoms with Crippen LogP contribution in [0.25, 0.3) is 0 Å². The van der Waals surface area contributed by atoms with E-state index < -0.39 is 6.10 Å². The van der Waals surface area contributed by atoms with Gasteiger partial charge in [-0.05, 0) is 49.1 Å². The third kappa shape index (κ3) is 4.63. The van der Waals surface area contributed by atoms with Crippen molar-refractivity contribution in [2.24, 2.45) is 0 Å². The van der Waals surface area contributed by atoms with Gasteiger partial charge in [0.1, 0.15) is 5.82 Å². The summed E-state index contributed by atoms with van der Waals surface area (Å²) in [7, 11) is 0. The van der Waals surface area contributed by atoms with E-state index in [1.165, 1.54) is 12.1 Å². The highest BCUT2D eigenvalue weighted by atomic mass is 19.1. The second-order valence-corrected chi connectivity index (χ2v) is 5.69.